The van der Waals surface area contributed by atoms with Gasteiger partial charge in [-0.1, -0.05) is 124 Å². The van der Waals surface area contributed by atoms with Crippen LogP contribution in [0.2, 0.25) is 0 Å². The summed E-state index contributed by atoms with van der Waals surface area (Å²) in [5.41, 5.74) is 1.53. The molecule has 0 saturated heterocycles. The van der Waals surface area contributed by atoms with Crippen molar-refractivity contribution in [3.05, 3.63) is 30.1 Å². The van der Waals surface area contributed by atoms with Crippen LogP contribution in [0.4, 0.5) is 0 Å². The van der Waals surface area contributed by atoms with Gasteiger partial charge in [-0.25, -0.2) is 4.57 Å². The molecule has 0 aliphatic carbocycles. The minimum absolute atomic E-state index is 0.963. The van der Waals surface area contributed by atoms with E-state index in [2.05, 4.69) is 49.9 Å². The molecule has 1 heteroatoms. The van der Waals surface area contributed by atoms with Gasteiger partial charge in [0.05, 0.1) is 0 Å². The smallest absolute Gasteiger partial charge is 0.171 e. The third-order valence-electron chi connectivity index (χ3n) is 6.95. The standard InChI is InChI=1S/C30H56N/c1-4-7-10-13-14-15-18-22-29(21-16-11-8-5-2)24-19-26-31-27-20-25-30(28-31)23-17-12-9-6-3/h20,25,27-29H,4-19,21-24,26H2,1-3H3/q+1. The SMILES string of the molecule is CCCCCCCCCC(CCCCCC)CCC[n+]1cccc(CCCCCC)c1. The zero-order valence-electron chi connectivity index (χ0n) is 21.7. The minimum Gasteiger partial charge on any atom is -0.205 e. The van der Waals surface area contributed by atoms with E-state index < -0.39 is 0 Å². The monoisotopic (exact) mass is 430 g/mol. The molecule has 1 unspecified atom stereocenters. The van der Waals surface area contributed by atoms with Crippen LogP contribution in [-0.4, -0.2) is 0 Å². The van der Waals surface area contributed by atoms with Crippen LogP contribution in [0.15, 0.2) is 24.5 Å². The zero-order valence-corrected chi connectivity index (χ0v) is 21.7. The summed E-state index contributed by atoms with van der Waals surface area (Å²) in [6, 6.07) is 4.58. The van der Waals surface area contributed by atoms with Gasteiger partial charge >= 0.3 is 0 Å². The second kappa shape index (κ2) is 21.0. The number of unbranched alkanes of at least 4 members (excludes halogenated alkanes) is 12. The van der Waals surface area contributed by atoms with Crippen molar-refractivity contribution in [1.29, 1.82) is 0 Å². The lowest BCUT2D eigenvalue weighted by molar-refractivity contribution is -0.697. The third-order valence-corrected chi connectivity index (χ3v) is 6.95. The Morgan fingerprint density at radius 2 is 1.13 bits per heavy atom. The largest absolute Gasteiger partial charge is 0.205 e. The summed E-state index contributed by atoms with van der Waals surface area (Å²) in [5, 5.41) is 0. The molecule has 31 heavy (non-hydrogen) atoms. The highest BCUT2D eigenvalue weighted by molar-refractivity contribution is 5.05. The highest BCUT2D eigenvalue weighted by Gasteiger charge is 2.11. The topological polar surface area (TPSA) is 3.88 Å². The first-order valence-corrected chi connectivity index (χ1v) is 14.3. The Morgan fingerprint density at radius 3 is 1.77 bits per heavy atom. The van der Waals surface area contributed by atoms with E-state index in [-0.39, 0.29) is 0 Å². The second-order valence-corrected chi connectivity index (χ2v) is 10.0. The Kier molecular flexibility index (Phi) is 19.1. The number of rotatable bonds is 22. The molecule has 180 valence electrons. The molecule has 0 N–H and O–H groups in total. The Labute approximate surface area is 196 Å². The van der Waals surface area contributed by atoms with Crippen molar-refractivity contribution in [2.75, 3.05) is 0 Å². The average molecular weight is 431 g/mol. The van der Waals surface area contributed by atoms with Gasteiger partial charge in [0.1, 0.15) is 6.54 Å². The number of nitrogens with zero attached hydrogens (tertiary/aromatic N) is 1. The summed E-state index contributed by atoms with van der Waals surface area (Å²) < 4.78 is 2.46. The van der Waals surface area contributed by atoms with E-state index in [4.69, 9.17) is 0 Å². The fourth-order valence-electron chi connectivity index (χ4n) is 4.86. The first-order valence-electron chi connectivity index (χ1n) is 14.3. The van der Waals surface area contributed by atoms with Gasteiger partial charge in [0, 0.05) is 18.1 Å². The summed E-state index contributed by atoms with van der Waals surface area (Å²) >= 11 is 0. The first kappa shape index (κ1) is 28.2. The summed E-state index contributed by atoms with van der Waals surface area (Å²) in [4.78, 5) is 0. The summed E-state index contributed by atoms with van der Waals surface area (Å²) in [6.07, 6.45) is 32.8. The van der Waals surface area contributed by atoms with Gasteiger partial charge in [0.25, 0.3) is 0 Å². The van der Waals surface area contributed by atoms with Crippen LogP contribution in [-0.2, 0) is 13.0 Å². The van der Waals surface area contributed by atoms with Crippen molar-refractivity contribution in [3.8, 4) is 0 Å². The molecule has 0 amide bonds. The van der Waals surface area contributed by atoms with Gasteiger partial charge in [-0.05, 0) is 31.2 Å². The van der Waals surface area contributed by atoms with E-state index >= 15 is 0 Å². The Balaban J connectivity index is 2.32. The fourth-order valence-corrected chi connectivity index (χ4v) is 4.86. The summed E-state index contributed by atoms with van der Waals surface area (Å²) in [6.45, 7) is 8.13. The highest BCUT2D eigenvalue weighted by atomic mass is 14.9. The third kappa shape index (κ3) is 16.4. The van der Waals surface area contributed by atoms with Crippen molar-refractivity contribution in [2.24, 2.45) is 5.92 Å². The van der Waals surface area contributed by atoms with E-state index in [1.54, 1.807) is 0 Å². The molecule has 1 atom stereocenters. The van der Waals surface area contributed by atoms with Crippen molar-refractivity contribution in [3.63, 3.8) is 0 Å². The molecular weight excluding hydrogens is 374 g/mol. The Hall–Kier alpha value is -0.850. The molecule has 0 aliphatic heterocycles. The van der Waals surface area contributed by atoms with Gasteiger partial charge in [-0.2, -0.15) is 0 Å². The molecule has 0 fully saturated rings. The lowest BCUT2D eigenvalue weighted by Crippen LogP contribution is -2.33. The van der Waals surface area contributed by atoms with Crippen LogP contribution in [0.5, 0.6) is 0 Å². The van der Waals surface area contributed by atoms with E-state index in [1.165, 1.54) is 141 Å². The molecule has 1 heterocycles. The fraction of sp³-hybridized carbons (Fsp3) is 0.833. The van der Waals surface area contributed by atoms with E-state index in [0.717, 1.165) is 5.92 Å². The second-order valence-electron chi connectivity index (χ2n) is 10.0. The quantitative estimate of drug-likeness (QED) is 0.127. The molecule has 1 rings (SSSR count). The Morgan fingerprint density at radius 1 is 0.613 bits per heavy atom. The van der Waals surface area contributed by atoms with Crippen LogP contribution < -0.4 is 4.57 Å². The summed E-state index contributed by atoms with van der Waals surface area (Å²) in [5.74, 6) is 0.963. The average Bonchev–Trinajstić information content (AvgIpc) is 2.79. The van der Waals surface area contributed by atoms with Gasteiger partial charge in [-0.3, -0.25) is 0 Å². The number of pyridine rings is 1. The van der Waals surface area contributed by atoms with Gasteiger partial charge in [0.2, 0.25) is 0 Å². The zero-order chi connectivity index (χ0) is 22.4. The van der Waals surface area contributed by atoms with Gasteiger partial charge in [0.15, 0.2) is 12.4 Å². The maximum Gasteiger partial charge on any atom is 0.171 e. The van der Waals surface area contributed by atoms with Crippen molar-refractivity contribution in [1.82, 2.24) is 0 Å². The van der Waals surface area contributed by atoms with E-state index in [0.29, 0.717) is 0 Å². The van der Waals surface area contributed by atoms with E-state index in [9.17, 15) is 0 Å². The van der Waals surface area contributed by atoms with Crippen molar-refractivity contribution >= 4 is 0 Å². The molecule has 1 aromatic rings. The summed E-state index contributed by atoms with van der Waals surface area (Å²) in [7, 11) is 0. The van der Waals surface area contributed by atoms with Gasteiger partial charge in [-0.15, -0.1) is 0 Å². The van der Waals surface area contributed by atoms with Crippen LogP contribution in [0.3, 0.4) is 0 Å². The predicted octanol–water partition coefficient (Wildman–Crippen LogP) is 9.60. The number of hydrogen-bond acceptors (Lipinski definition) is 0. The van der Waals surface area contributed by atoms with Crippen LogP contribution in [0.25, 0.3) is 0 Å². The highest BCUT2D eigenvalue weighted by Crippen LogP contribution is 2.23. The van der Waals surface area contributed by atoms with Crippen LogP contribution in [0, 0.1) is 5.92 Å². The number of hydrogen-bond donors (Lipinski definition) is 0. The van der Waals surface area contributed by atoms with Crippen molar-refractivity contribution in [2.45, 2.75) is 156 Å². The maximum absolute atomic E-state index is 2.46. The molecule has 0 saturated carbocycles. The predicted molar refractivity (Wildman–Crippen MR) is 139 cm³/mol. The van der Waals surface area contributed by atoms with Crippen molar-refractivity contribution < 1.29 is 4.57 Å². The molecular formula is C30H56N+. The Bertz CT molecular complexity index is 495. The molecule has 0 aromatic carbocycles. The molecule has 0 aliphatic rings. The van der Waals surface area contributed by atoms with Crippen LogP contribution >= 0.6 is 0 Å². The minimum atomic E-state index is 0.963. The number of aryl methyl sites for hydroxylation is 2. The first-order chi connectivity index (χ1) is 15.3. The lowest BCUT2D eigenvalue weighted by Gasteiger charge is -2.16. The molecule has 1 aromatic heterocycles. The molecule has 1 nitrogen and oxygen atoms in total. The van der Waals surface area contributed by atoms with E-state index in [1.807, 2.05) is 0 Å². The van der Waals surface area contributed by atoms with Crippen LogP contribution in [0.1, 0.15) is 148 Å². The number of aromatic nitrogens is 1. The molecule has 0 bridgehead atoms. The normalized spacial score (nSPS) is 12.4. The van der Waals surface area contributed by atoms with Gasteiger partial charge < -0.3 is 0 Å². The molecule has 0 radical (unpaired) electrons. The maximum atomic E-state index is 2.46. The molecule has 0 spiro atoms. The lowest BCUT2D eigenvalue weighted by atomic mass is 9.90.